The van der Waals surface area contributed by atoms with Crippen LogP contribution in [0.5, 0.6) is 0 Å². The predicted octanol–water partition coefficient (Wildman–Crippen LogP) is 0.438. The second-order valence-corrected chi connectivity index (χ2v) is 10.3. The number of aliphatic carboxylic acids is 1. The number of aliphatic imine (C=N–C) groups is 1. The molecule has 0 fully saturated rings. The molecule has 2 rings (SSSR count). The number of benzene rings is 2. The van der Waals surface area contributed by atoms with Crippen molar-refractivity contribution in [2.75, 3.05) is 6.54 Å². The Bertz CT molecular complexity index is 1190. The van der Waals surface area contributed by atoms with E-state index in [-0.39, 0.29) is 31.1 Å². The van der Waals surface area contributed by atoms with Gasteiger partial charge in [-0.2, -0.15) is 0 Å². The summed E-state index contributed by atoms with van der Waals surface area (Å²) in [6.45, 7) is 3.87. The highest BCUT2D eigenvalue weighted by molar-refractivity contribution is 5.94. The Labute approximate surface area is 246 Å². The van der Waals surface area contributed by atoms with Crippen LogP contribution in [0.2, 0.25) is 0 Å². The molecule has 5 unspecified atom stereocenters. The van der Waals surface area contributed by atoms with Crippen molar-refractivity contribution in [2.24, 2.45) is 28.1 Å². The maximum absolute atomic E-state index is 13.6. The van der Waals surface area contributed by atoms with E-state index in [1.165, 1.54) is 0 Å². The molecule has 2 aromatic carbocycles. The van der Waals surface area contributed by atoms with Gasteiger partial charge >= 0.3 is 5.97 Å². The van der Waals surface area contributed by atoms with Gasteiger partial charge in [0.2, 0.25) is 17.7 Å². The van der Waals surface area contributed by atoms with Gasteiger partial charge in [0.25, 0.3) is 0 Å². The molecule has 12 nitrogen and oxygen atoms in total. The lowest BCUT2D eigenvalue weighted by molar-refractivity contribution is -0.143. The average molecular weight is 582 g/mol. The second kappa shape index (κ2) is 17.4. The number of nitrogens with zero attached hydrogens (tertiary/aromatic N) is 1. The van der Waals surface area contributed by atoms with E-state index in [1.807, 2.05) is 43.3 Å². The van der Waals surface area contributed by atoms with Crippen molar-refractivity contribution < 1.29 is 24.3 Å². The lowest BCUT2D eigenvalue weighted by atomic mass is 9.97. The lowest BCUT2D eigenvalue weighted by Gasteiger charge is -2.27. The Balaban J connectivity index is 2.26. The zero-order chi connectivity index (χ0) is 31.1. The first-order valence-electron chi connectivity index (χ1n) is 14.0. The molecule has 0 heterocycles. The van der Waals surface area contributed by atoms with Crippen molar-refractivity contribution in [1.82, 2.24) is 16.0 Å². The van der Waals surface area contributed by atoms with Gasteiger partial charge in [0, 0.05) is 19.4 Å². The molecule has 0 saturated heterocycles. The molecule has 3 amide bonds. The first-order chi connectivity index (χ1) is 20.0. The summed E-state index contributed by atoms with van der Waals surface area (Å²) in [5, 5.41) is 17.8. The third kappa shape index (κ3) is 11.6. The molecule has 0 spiro atoms. The number of carbonyl (C=O) groups is 4. The molecule has 12 heteroatoms. The number of rotatable bonds is 17. The molecule has 228 valence electrons. The van der Waals surface area contributed by atoms with Crippen LogP contribution < -0.4 is 33.2 Å². The van der Waals surface area contributed by atoms with Crippen LogP contribution in [0.4, 0.5) is 0 Å². The Morgan fingerprint density at radius 3 is 1.74 bits per heavy atom. The number of hydrogen-bond acceptors (Lipinski definition) is 6. The minimum Gasteiger partial charge on any atom is -0.480 e. The summed E-state index contributed by atoms with van der Waals surface area (Å²) in [7, 11) is 0. The largest absolute Gasteiger partial charge is 0.480 e. The van der Waals surface area contributed by atoms with Crippen molar-refractivity contribution in [3.05, 3.63) is 71.8 Å². The lowest BCUT2D eigenvalue weighted by Crippen LogP contribution is -2.58. The van der Waals surface area contributed by atoms with Crippen molar-refractivity contribution in [1.29, 1.82) is 0 Å². The molecular weight excluding hydrogens is 538 g/mol. The third-order valence-corrected chi connectivity index (χ3v) is 6.91. The maximum Gasteiger partial charge on any atom is 0.326 e. The molecule has 0 aliphatic rings. The van der Waals surface area contributed by atoms with Gasteiger partial charge in [-0.15, -0.1) is 0 Å². The van der Waals surface area contributed by atoms with Crippen molar-refractivity contribution >= 4 is 29.7 Å². The fourth-order valence-electron chi connectivity index (χ4n) is 4.26. The summed E-state index contributed by atoms with van der Waals surface area (Å²) in [6, 6.07) is 13.9. The van der Waals surface area contributed by atoms with E-state index in [0.717, 1.165) is 11.1 Å². The minimum atomic E-state index is -1.16. The van der Waals surface area contributed by atoms with E-state index in [9.17, 15) is 24.3 Å². The Hall–Kier alpha value is -4.45. The van der Waals surface area contributed by atoms with Crippen LogP contribution in [0.15, 0.2) is 65.7 Å². The monoisotopic (exact) mass is 581 g/mol. The molecule has 0 aliphatic carbocycles. The average Bonchev–Trinajstić information content (AvgIpc) is 2.97. The standard InChI is InChI=1S/C30H43N7O5/c1-3-19(2)25(29(41)42)37-28(40)24(18-21-13-8-5-9-14-21)36-27(39)23(17-20-11-6-4-7-12-20)35-26(38)22(31)15-10-16-34-30(32)33/h4-9,11-14,19,22-25H,3,10,15-18,31H2,1-2H3,(H,35,38)(H,36,39)(H,37,40)(H,41,42)(H4,32,33,34). The SMILES string of the molecule is CCC(C)C(NC(=O)C(Cc1ccccc1)NC(=O)C(Cc1ccccc1)NC(=O)C(N)CCCN=C(N)N)C(=O)O. The smallest absolute Gasteiger partial charge is 0.326 e. The van der Waals surface area contributed by atoms with Gasteiger partial charge in [-0.25, -0.2) is 4.79 Å². The highest BCUT2D eigenvalue weighted by Crippen LogP contribution is 2.11. The van der Waals surface area contributed by atoms with Crippen LogP contribution in [0, 0.1) is 5.92 Å². The van der Waals surface area contributed by atoms with Crippen LogP contribution in [-0.2, 0) is 32.0 Å². The number of hydrogen-bond donors (Lipinski definition) is 7. The summed E-state index contributed by atoms with van der Waals surface area (Å²) in [5.41, 5.74) is 18.3. The molecular formula is C30H43N7O5. The third-order valence-electron chi connectivity index (χ3n) is 6.91. The van der Waals surface area contributed by atoms with Gasteiger partial charge in [0.1, 0.15) is 18.1 Å². The van der Waals surface area contributed by atoms with Crippen LogP contribution in [0.1, 0.15) is 44.2 Å². The number of nitrogens with two attached hydrogens (primary N) is 3. The van der Waals surface area contributed by atoms with Crippen molar-refractivity contribution in [3.8, 4) is 0 Å². The highest BCUT2D eigenvalue weighted by atomic mass is 16.4. The van der Waals surface area contributed by atoms with Crippen LogP contribution in [-0.4, -0.2) is 65.5 Å². The summed E-state index contributed by atoms with van der Waals surface area (Å²) >= 11 is 0. The molecule has 5 atom stereocenters. The van der Waals surface area contributed by atoms with Gasteiger partial charge in [-0.3, -0.25) is 19.4 Å². The normalized spacial score (nSPS) is 14.4. The molecule has 0 aromatic heterocycles. The zero-order valence-electron chi connectivity index (χ0n) is 24.2. The minimum absolute atomic E-state index is 0.0551. The number of carboxylic acids is 1. The van der Waals surface area contributed by atoms with Gasteiger partial charge in [0.15, 0.2) is 5.96 Å². The van der Waals surface area contributed by atoms with Crippen LogP contribution in [0.3, 0.4) is 0 Å². The van der Waals surface area contributed by atoms with Gasteiger partial charge in [-0.1, -0.05) is 80.9 Å². The Morgan fingerprint density at radius 2 is 1.29 bits per heavy atom. The summed E-state index contributed by atoms with van der Waals surface area (Å²) < 4.78 is 0. The van der Waals surface area contributed by atoms with Gasteiger partial charge in [-0.05, 0) is 29.9 Å². The van der Waals surface area contributed by atoms with Gasteiger partial charge < -0.3 is 38.3 Å². The predicted molar refractivity (Wildman–Crippen MR) is 161 cm³/mol. The fourth-order valence-corrected chi connectivity index (χ4v) is 4.26. The molecule has 0 saturated carbocycles. The van der Waals surface area contributed by atoms with E-state index in [4.69, 9.17) is 17.2 Å². The van der Waals surface area contributed by atoms with E-state index in [2.05, 4.69) is 20.9 Å². The van der Waals surface area contributed by atoms with E-state index < -0.39 is 47.9 Å². The first-order valence-corrected chi connectivity index (χ1v) is 14.0. The van der Waals surface area contributed by atoms with Crippen molar-refractivity contribution in [3.63, 3.8) is 0 Å². The second-order valence-electron chi connectivity index (χ2n) is 10.3. The summed E-state index contributed by atoms with van der Waals surface area (Å²) in [5.74, 6) is -3.33. The molecule has 0 bridgehead atoms. The van der Waals surface area contributed by atoms with Gasteiger partial charge in [0.05, 0.1) is 6.04 Å². The topological polar surface area (TPSA) is 215 Å². The summed E-state index contributed by atoms with van der Waals surface area (Å²) in [4.78, 5) is 55.8. The highest BCUT2D eigenvalue weighted by Gasteiger charge is 2.32. The van der Waals surface area contributed by atoms with Crippen molar-refractivity contribution in [2.45, 2.75) is 70.1 Å². The number of guanidine groups is 1. The molecule has 0 radical (unpaired) electrons. The molecule has 2 aromatic rings. The Morgan fingerprint density at radius 1 is 0.810 bits per heavy atom. The number of nitrogens with one attached hydrogen (secondary N) is 3. The number of carboxylic acid groups (broad SMARTS) is 1. The number of carbonyl (C=O) groups excluding carboxylic acids is 3. The molecule has 0 aliphatic heterocycles. The number of amides is 3. The molecule has 42 heavy (non-hydrogen) atoms. The zero-order valence-corrected chi connectivity index (χ0v) is 24.2. The molecule has 10 N–H and O–H groups in total. The quantitative estimate of drug-likeness (QED) is 0.0788. The fraction of sp³-hybridized carbons (Fsp3) is 0.433. The maximum atomic E-state index is 13.6. The van der Waals surface area contributed by atoms with E-state index in [1.54, 1.807) is 31.2 Å². The van der Waals surface area contributed by atoms with E-state index in [0.29, 0.717) is 19.4 Å². The Kier molecular flexibility index (Phi) is 14.0. The van der Waals surface area contributed by atoms with E-state index >= 15 is 0 Å². The first kappa shape index (κ1) is 33.8. The van der Waals surface area contributed by atoms with Crippen LogP contribution >= 0.6 is 0 Å². The summed E-state index contributed by atoms with van der Waals surface area (Å²) in [6.07, 6.45) is 1.53. The van der Waals surface area contributed by atoms with Crippen LogP contribution in [0.25, 0.3) is 0 Å².